The maximum Gasteiger partial charge on any atom is 0.139 e. The van der Waals surface area contributed by atoms with Gasteiger partial charge >= 0.3 is 0 Å². The molecule has 2 saturated heterocycles. The molecule has 1 aromatic carbocycles. The third-order valence-corrected chi connectivity index (χ3v) is 6.17. The summed E-state index contributed by atoms with van der Waals surface area (Å²) in [6.07, 6.45) is 7.60. The highest BCUT2D eigenvalue weighted by atomic mass is 16.5. The first-order valence-electron chi connectivity index (χ1n) is 9.45. The first-order valence-corrected chi connectivity index (χ1v) is 9.45. The lowest BCUT2D eigenvalue weighted by Gasteiger charge is -2.23. The van der Waals surface area contributed by atoms with Crippen molar-refractivity contribution in [3.05, 3.63) is 54.4 Å². The second-order valence-electron chi connectivity index (χ2n) is 7.79. The molecule has 0 spiro atoms. The number of fused-ring (bicyclic) bond motifs is 1. The summed E-state index contributed by atoms with van der Waals surface area (Å²) in [4.78, 5) is 6.90. The molecule has 2 aromatic rings. The molecule has 2 aliphatic heterocycles. The van der Waals surface area contributed by atoms with Crippen molar-refractivity contribution in [2.75, 3.05) is 31.1 Å². The molecule has 0 bridgehead atoms. The SMILES string of the molecule is c1ccc([C@@]23C[C@H]2CN(c2cncc(OC[C@@H]4CCCN4)c2)C3)cc1. The summed E-state index contributed by atoms with van der Waals surface area (Å²) in [5.74, 6) is 1.67. The molecule has 0 amide bonds. The molecule has 0 unspecified atom stereocenters. The Hall–Kier alpha value is -2.07. The van der Waals surface area contributed by atoms with Gasteiger partial charge in [0.05, 0.1) is 18.1 Å². The van der Waals surface area contributed by atoms with E-state index < -0.39 is 0 Å². The molecule has 4 heteroatoms. The summed E-state index contributed by atoms with van der Waals surface area (Å²) < 4.78 is 5.99. The molecule has 4 nitrogen and oxygen atoms in total. The van der Waals surface area contributed by atoms with Crippen molar-refractivity contribution >= 4 is 5.69 Å². The van der Waals surface area contributed by atoms with Crippen LogP contribution in [-0.2, 0) is 5.41 Å². The van der Waals surface area contributed by atoms with E-state index in [0.717, 1.165) is 37.9 Å². The summed E-state index contributed by atoms with van der Waals surface area (Å²) in [6.45, 7) is 4.08. The maximum atomic E-state index is 5.99. The van der Waals surface area contributed by atoms with Gasteiger partial charge in [0.15, 0.2) is 0 Å². The van der Waals surface area contributed by atoms with Crippen molar-refractivity contribution < 1.29 is 4.74 Å². The molecule has 1 aliphatic carbocycles. The number of nitrogens with one attached hydrogen (secondary N) is 1. The molecule has 130 valence electrons. The normalized spacial score (nSPS) is 30.3. The van der Waals surface area contributed by atoms with Crippen LogP contribution in [0.5, 0.6) is 5.75 Å². The van der Waals surface area contributed by atoms with E-state index in [1.54, 1.807) is 0 Å². The van der Waals surface area contributed by atoms with Gasteiger partial charge < -0.3 is 15.0 Å². The van der Waals surface area contributed by atoms with E-state index in [4.69, 9.17) is 4.74 Å². The molecule has 3 atom stereocenters. The summed E-state index contributed by atoms with van der Waals surface area (Å²) >= 11 is 0. The first kappa shape index (κ1) is 15.2. The number of nitrogens with zero attached hydrogens (tertiary/aromatic N) is 2. The Balaban J connectivity index is 1.28. The molecule has 5 rings (SSSR count). The molecule has 1 saturated carbocycles. The number of hydrogen-bond acceptors (Lipinski definition) is 4. The molecule has 3 fully saturated rings. The van der Waals surface area contributed by atoms with Crippen LogP contribution in [0, 0.1) is 5.92 Å². The number of piperidine rings is 1. The van der Waals surface area contributed by atoms with Gasteiger partial charge in [-0.1, -0.05) is 30.3 Å². The Morgan fingerprint density at radius 2 is 2.16 bits per heavy atom. The Bertz CT molecular complexity index is 744. The van der Waals surface area contributed by atoms with E-state index in [0.29, 0.717) is 11.5 Å². The van der Waals surface area contributed by atoms with Crippen LogP contribution in [0.2, 0.25) is 0 Å². The van der Waals surface area contributed by atoms with Crippen LogP contribution in [0.25, 0.3) is 0 Å². The number of aromatic nitrogens is 1. The summed E-state index contributed by atoms with van der Waals surface area (Å²) in [5.41, 5.74) is 3.06. The number of benzene rings is 1. The minimum Gasteiger partial charge on any atom is -0.490 e. The Morgan fingerprint density at radius 3 is 3.00 bits per heavy atom. The monoisotopic (exact) mass is 335 g/mol. The van der Waals surface area contributed by atoms with Crippen LogP contribution in [0.15, 0.2) is 48.8 Å². The first-order chi connectivity index (χ1) is 12.3. The van der Waals surface area contributed by atoms with E-state index in [9.17, 15) is 0 Å². The summed E-state index contributed by atoms with van der Waals surface area (Å²) in [7, 11) is 0. The lowest BCUT2D eigenvalue weighted by molar-refractivity contribution is 0.276. The molecule has 0 radical (unpaired) electrons. The van der Waals surface area contributed by atoms with E-state index in [-0.39, 0.29) is 0 Å². The molecular weight excluding hydrogens is 310 g/mol. The molecule has 1 aromatic heterocycles. The minimum atomic E-state index is 0.367. The van der Waals surface area contributed by atoms with Gasteiger partial charge in [-0.25, -0.2) is 0 Å². The Kier molecular flexibility index (Phi) is 3.66. The number of hydrogen-bond donors (Lipinski definition) is 1. The predicted octanol–water partition coefficient (Wildman–Crippen LogP) is 2.99. The predicted molar refractivity (Wildman–Crippen MR) is 99.2 cm³/mol. The van der Waals surface area contributed by atoms with Crippen molar-refractivity contribution in [3.8, 4) is 5.75 Å². The van der Waals surface area contributed by atoms with Gasteiger partial charge in [0.1, 0.15) is 12.4 Å². The van der Waals surface area contributed by atoms with Gasteiger partial charge in [0, 0.05) is 30.6 Å². The zero-order chi connectivity index (χ0) is 16.7. The zero-order valence-electron chi connectivity index (χ0n) is 14.5. The van der Waals surface area contributed by atoms with Crippen molar-refractivity contribution in [1.29, 1.82) is 0 Å². The highest BCUT2D eigenvalue weighted by molar-refractivity contribution is 5.54. The van der Waals surface area contributed by atoms with E-state index >= 15 is 0 Å². The van der Waals surface area contributed by atoms with Gasteiger partial charge in [-0.3, -0.25) is 4.98 Å². The maximum absolute atomic E-state index is 5.99. The Labute approximate surface area is 149 Å². The molecule has 25 heavy (non-hydrogen) atoms. The lowest BCUT2D eigenvalue weighted by Crippen LogP contribution is -2.28. The van der Waals surface area contributed by atoms with E-state index in [1.165, 1.54) is 30.5 Å². The number of ether oxygens (including phenoxy) is 1. The highest BCUT2D eigenvalue weighted by Gasteiger charge is 2.60. The second-order valence-corrected chi connectivity index (χ2v) is 7.79. The van der Waals surface area contributed by atoms with Crippen molar-refractivity contribution in [2.24, 2.45) is 5.92 Å². The Morgan fingerprint density at radius 1 is 1.24 bits per heavy atom. The quantitative estimate of drug-likeness (QED) is 0.911. The van der Waals surface area contributed by atoms with Crippen LogP contribution in [0.3, 0.4) is 0 Å². The summed E-state index contributed by atoms with van der Waals surface area (Å²) in [6, 6.07) is 13.7. The van der Waals surface area contributed by atoms with Gasteiger partial charge in [0.2, 0.25) is 0 Å². The van der Waals surface area contributed by atoms with Crippen LogP contribution in [0.1, 0.15) is 24.8 Å². The van der Waals surface area contributed by atoms with E-state index in [1.807, 2.05) is 12.4 Å². The fourth-order valence-electron chi connectivity index (χ4n) is 4.65. The van der Waals surface area contributed by atoms with Crippen LogP contribution in [0.4, 0.5) is 5.69 Å². The van der Waals surface area contributed by atoms with E-state index in [2.05, 4.69) is 51.6 Å². The molecule has 3 heterocycles. The van der Waals surface area contributed by atoms with Crippen molar-refractivity contribution in [2.45, 2.75) is 30.7 Å². The van der Waals surface area contributed by atoms with Crippen LogP contribution >= 0.6 is 0 Å². The summed E-state index contributed by atoms with van der Waals surface area (Å²) in [5, 5.41) is 3.48. The van der Waals surface area contributed by atoms with Gasteiger partial charge in [-0.05, 0) is 37.3 Å². The average molecular weight is 335 g/mol. The fraction of sp³-hybridized carbons (Fsp3) is 0.476. The van der Waals surface area contributed by atoms with Crippen molar-refractivity contribution in [3.63, 3.8) is 0 Å². The fourth-order valence-corrected chi connectivity index (χ4v) is 4.65. The molecule has 3 aliphatic rings. The smallest absolute Gasteiger partial charge is 0.139 e. The highest BCUT2D eigenvalue weighted by Crippen LogP contribution is 2.59. The standard InChI is InChI=1S/C21H25N3O/c1-2-5-16(6-3-1)21-10-17(21)13-24(15-21)19-9-20(12-22-11-19)25-14-18-7-4-8-23-18/h1-3,5-6,9,11-12,17-18,23H,4,7-8,10,13-15H2/t17-,18-,21-/m0/s1. The largest absolute Gasteiger partial charge is 0.490 e. The average Bonchev–Trinajstić information content (AvgIpc) is 3.04. The third-order valence-electron chi connectivity index (χ3n) is 6.17. The second kappa shape index (κ2) is 6.03. The zero-order valence-corrected chi connectivity index (χ0v) is 14.5. The van der Waals surface area contributed by atoms with Gasteiger partial charge in [-0.2, -0.15) is 0 Å². The molecular formula is C21H25N3O. The number of rotatable bonds is 5. The number of pyridine rings is 1. The van der Waals surface area contributed by atoms with Gasteiger partial charge in [0.25, 0.3) is 0 Å². The van der Waals surface area contributed by atoms with Gasteiger partial charge in [-0.15, -0.1) is 0 Å². The topological polar surface area (TPSA) is 37.4 Å². The van der Waals surface area contributed by atoms with Crippen LogP contribution < -0.4 is 15.0 Å². The third kappa shape index (κ3) is 2.78. The minimum absolute atomic E-state index is 0.367. The van der Waals surface area contributed by atoms with Crippen molar-refractivity contribution in [1.82, 2.24) is 10.3 Å². The van der Waals surface area contributed by atoms with Crippen LogP contribution in [-0.4, -0.2) is 37.3 Å². The molecule has 1 N–H and O–H groups in total. The lowest BCUT2D eigenvalue weighted by atomic mass is 9.95. The number of anilines is 1.